The lowest BCUT2D eigenvalue weighted by Crippen LogP contribution is -2.53. The molecule has 1 saturated heterocycles. The van der Waals surface area contributed by atoms with Gasteiger partial charge in [-0.3, -0.25) is 9.69 Å². The topological polar surface area (TPSA) is 81.6 Å². The Hall–Kier alpha value is -0.650. The predicted octanol–water partition coefficient (Wildman–Crippen LogP) is -1.87. The van der Waals surface area contributed by atoms with Crippen LogP contribution in [0.4, 0.5) is 0 Å². The molecule has 1 unspecified atom stereocenters. The second-order valence-electron chi connectivity index (χ2n) is 2.82. The monoisotopic (exact) mass is 173 g/mol. The van der Waals surface area contributed by atoms with Gasteiger partial charge in [-0.1, -0.05) is 0 Å². The number of morpholine rings is 1. The summed E-state index contributed by atoms with van der Waals surface area (Å²) in [4.78, 5) is 12.9. The molecular formula is C7H15N3O2. The maximum Gasteiger partial charge on any atom is 0.237 e. The van der Waals surface area contributed by atoms with Gasteiger partial charge in [0.15, 0.2) is 0 Å². The van der Waals surface area contributed by atoms with E-state index in [2.05, 4.69) is 0 Å². The molecule has 5 nitrogen and oxygen atoms in total. The van der Waals surface area contributed by atoms with Crippen LogP contribution < -0.4 is 11.5 Å². The highest BCUT2D eigenvalue weighted by Gasteiger charge is 2.26. The number of nitrogens with zero attached hydrogens (tertiary/aromatic N) is 1. The molecule has 1 aliphatic rings. The normalized spacial score (nSPS) is 25.6. The Kier molecular flexibility index (Phi) is 3.46. The van der Waals surface area contributed by atoms with E-state index in [1.54, 1.807) is 0 Å². The second kappa shape index (κ2) is 4.39. The average Bonchev–Trinajstić information content (AvgIpc) is 2.05. The molecule has 0 spiro atoms. The van der Waals surface area contributed by atoms with Gasteiger partial charge >= 0.3 is 0 Å². The number of hydrogen-bond donors (Lipinski definition) is 2. The molecule has 4 N–H and O–H groups in total. The zero-order chi connectivity index (χ0) is 8.97. The number of ether oxygens (including phenoxy) is 1. The van der Waals surface area contributed by atoms with E-state index in [4.69, 9.17) is 16.2 Å². The fourth-order valence-corrected chi connectivity index (χ4v) is 1.33. The number of carbonyl (C=O) groups excluding carboxylic acids is 1. The highest BCUT2D eigenvalue weighted by Crippen LogP contribution is 2.04. The van der Waals surface area contributed by atoms with Crippen molar-refractivity contribution in [1.82, 2.24) is 4.90 Å². The van der Waals surface area contributed by atoms with E-state index >= 15 is 0 Å². The molecule has 1 atom stereocenters. The minimum atomic E-state index is -0.330. The SMILES string of the molecule is NCCN1CCOCC1C(N)=O. The Morgan fingerprint density at radius 2 is 2.42 bits per heavy atom. The first kappa shape index (κ1) is 9.44. The first-order valence-corrected chi connectivity index (χ1v) is 4.07. The Morgan fingerprint density at radius 1 is 1.67 bits per heavy atom. The molecule has 70 valence electrons. The molecule has 0 bridgehead atoms. The summed E-state index contributed by atoms with van der Waals surface area (Å²) in [5.41, 5.74) is 10.6. The molecule has 0 aliphatic carbocycles. The summed E-state index contributed by atoms with van der Waals surface area (Å²) in [6.07, 6.45) is 0. The van der Waals surface area contributed by atoms with Crippen LogP contribution in [0.3, 0.4) is 0 Å². The van der Waals surface area contributed by atoms with Gasteiger partial charge in [0.1, 0.15) is 6.04 Å². The van der Waals surface area contributed by atoms with Crippen LogP contribution in [0.1, 0.15) is 0 Å². The zero-order valence-electron chi connectivity index (χ0n) is 7.03. The third kappa shape index (κ3) is 2.17. The maximum absolute atomic E-state index is 10.9. The summed E-state index contributed by atoms with van der Waals surface area (Å²) < 4.78 is 5.14. The molecule has 0 radical (unpaired) electrons. The molecule has 1 fully saturated rings. The van der Waals surface area contributed by atoms with Crippen molar-refractivity contribution in [3.63, 3.8) is 0 Å². The Bertz CT molecular complexity index is 161. The van der Waals surface area contributed by atoms with Crippen LogP contribution in [-0.4, -0.2) is 49.7 Å². The fourth-order valence-electron chi connectivity index (χ4n) is 1.33. The lowest BCUT2D eigenvalue weighted by atomic mass is 10.2. The van der Waals surface area contributed by atoms with Crippen LogP contribution in [0.5, 0.6) is 0 Å². The van der Waals surface area contributed by atoms with E-state index in [1.807, 2.05) is 4.90 Å². The summed E-state index contributed by atoms with van der Waals surface area (Å²) in [6, 6.07) is -0.290. The predicted molar refractivity (Wildman–Crippen MR) is 44.4 cm³/mol. The van der Waals surface area contributed by atoms with Crippen LogP contribution in [0.15, 0.2) is 0 Å². The molecule has 0 aromatic heterocycles. The quantitative estimate of drug-likeness (QED) is 0.524. The molecule has 0 aromatic rings. The summed E-state index contributed by atoms with van der Waals surface area (Å²) in [5.74, 6) is -0.330. The van der Waals surface area contributed by atoms with Gasteiger partial charge in [0, 0.05) is 19.6 Å². The molecular weight excluding hydrogens is 158 g/mol. The van der Waals surface area contributed by atoms with Crippen LogP contribution in [0.2, 0.25) is 0 Å². The Morgan fingerprint density at radius 3 is 3.00 bits per heavy atom. The van der Waals surface area contributed by atoms with Gasteiger partial charge in [-0.15, -0.1) is 0 Å². The number of carbonyl (C=O) groups is 1. The summed E-state index contributed by atoms with van der Waals surface area (Å²) in [5, 5.41) is 0. The molecule has 0 saturated carbocycles. The van der Waals surface area contributed by atoms with Crippen molar-refractivity contribution in [2.45, 2.75) is 6.04 Å². The van der Waals surface area contributed by atoms with Gasteiger partial charge < -0.3 is 16.2 Å². The zero-order valence-corrected chi connectivity index (χ0v) is 7.03. The smallest absolute Gasteiger partial charge is 0.237 e. The summed E-state index contributed by atoms with van der Waals surface area (Å²) >= 11 is 0. The molecule has 1 amide bonds. The minimum Gasteiger partial charge on any atom is -0.378 e. The molecule has 1 rings (SSSR count). The van der Waals surface area contributed by atoms with E-state index in [9.17, 15) is 4.79 Å². The third-order valence-electron chi connectivity index (χ3n) is 1.98. The molecule has 1 aliphatic heterocycles. The number of primary amides is 1. The molecule has 12 heavy (non-hydrogen) atoms. The van der Waals surface area contributed by atoms with Gasteiger partial charge in [0.05, 0.1) is 13.2 Å². The van der Waals surface area contributed by atoms with Gasteiger partial charge in [-0.25, -0.2) is 0 Å². The molecule has 5 heteroatoms. The Balaban J connectivity index is 2.48. The first-order chi connectivity index (χ1) is 5.75. The van der Waals surface area contributed by atoms with Crippen molar-refractivity contribution < 1.29 is 9.53 Å². The largest absolute Gasteiger partial charge is 0.378 e. The van der Waals surface area contributed by atoms with E-state index in [-0.39, 0.29) is 11.9 Å². The highest BCUT2D eigenvalue weighted by molar-refractivity contribution is 5.80. The second-order valence-corrected chi connectivity index (χ2v) is 2.82. The van der Waals surface area contributed by atoms with Gasteiger partial charge in [0.25, 0.3) is 0 Å². The van der Waals surface area contributed by atoms with Gasteiger partial charge in [-0.2, -0.15) is 0 Å². The van der Waals surface area contributed by atoms with Crippen LogP contribution in [0.25, 0.3) is 0 Å². The van der Waals surface area contributed by atoms with E-state index < -0.39 is 0 Å². The maximum atomic E-state index is 10.9. The first-order valence-electron chi connectivity index (χ1n) is 4.07. The lowest BCUT2D eigenvalue weighted by Gasteiger charge is -2.32. The van der Waals surface area contributed by atoms with Gasteiger partial charge in [0.2, 0.25) is 5.91 Å². The highest BCUT2D eigenvalue weighted by atomic mass is 16.5. The van der Waals surface area contributed by atoms with Crippen molar-refractivity contribution in [2.75, 3.05) is 32.8 Å². The standard InChI is InChI=1S/C7H15N3O2/c8-1-2-10-3-4-12-5-6(10)7(9)11/h6H,1-5,8H2,(H2,9,11). The van der Waals surface area contributed by atoms with Crippen LogP contribution >= 0.6 is 0 Å². The lowest BCUT2D eigenvalue weighted by molar-refractivity contribution is -0.129. The minimum absolute atomic E-state index is 0.290. The average molecular weight is 173 g/mol. The van der Waals surface area contributed by atoms with Crippen molar-refractivity contribution >= 4 is 5.91 Å². The molecule has 1 heterocycles. The summed E-state index contributed by atoms with van der Waals surface area (Å²) in [7, 11) is 0. The van der Waals surface area contributed by atoms with Crippen LogP contribution in [0, 0.1) is 0 Å². The van der Waals surface area contributed by atoms with Gasteiger partial charge in [-0.05, 0) is 0 Å². The van der Waals surface area contributed by atoms with E-state index in [0.29, 0.717) is 26.3 Å². The Labute approximate surface area is 71.6 Å². The number of nitrogens with two attached hydrogens (primary N) is 2. The van der Waals surface area contributed by atoms with E-state index in [0.717, 1.165) is 6.54 Å². The van der Waals surface area contributed by atoms with Crippen LogP contribution in [-0.2, 0) is 9.53 Å². The van der Waals surface area contributed by atoms with Crippen molar-refractivity contribution in [2.24, 2.45) is 11.5 Å². The number of amides is 1. The van der Waals surface area contributed by atoms with Crippen molar-refractivity contribution in [1.29, 1.82) is 0 Å². The third-order valence-corrected chi connectivity index (χ3v) is 1.98. The number of rotatable bonds is 3. The summed E-state index contributed by atoms with van der Waals surface area (Å²) in [6.45, 7) is 3.05. The fraction of sp³-hybridized carbons (Fsp3) is 0.857. The number of hydrogen-bond acceptors (Lipinski definition) is 4. The molecule has 0 aromatic carbocycles. The van der Waals surface area contributed by atoms with Crippen molar-refractivity contribution in [3.05, 3.63) is 0 Å². The van der Waals surface area contributed by atoms with E-state index in [1.165, 1.54) is 0 Å². The van der Waals surface area contributed by atoms with Crippen molar-refractivity contribution in [3.8, 4) is 0 Å².